The molecule has 0 bridgehead atoms. The summed E-state index contributed by atoms with van der Waals surface area (Å²) in [4.78, 5) is 43.7. The van der Waals surface area contributed by atoms with Crippen LogP contribution in [0, 0.1) is 5.92 Å². The molecule has 1 aliphatic heterocycles. The molecule has 2 N–H and O–H groups in total. The molecule has 3 heterocycles. The Morgan fingerprint density at radius 1 is 1.15 bits per heavy atom. The van der Waals surface area contributed by atoms with Gasteiger partial charge in [0.05, 0.1) is 13.2 Å². The number of nitrogens with one attached hydrogen (secondary N) is 2. The average molecular weight is 453 g/mol. The van der Waals surface area contributed by atoms with Crippen molar-refractivity contribution >= 4 is 23.8 Å². The van der Waals surface area contributed by atoms with Crippen molar-refractivity contribution in [3.63, 3.8) is 0 Å². The minimum atomic E-state index is -0.664. The Hall–Kier alpha value is -3.46. The molecule has 9 heteroatoms. The van der Waals surface area contributed by atoms with E-state index in [1.165, 1.54) is 7.05 Å². The highest BCUT2D eigenvalue weighted by Gasteiger charge is 2.27. The number of carbonyl (C=O) groups excluding carboxylic acids is 3. The third kappa shape index (κ3) is 4.83. The highest BCUT2D eigenvalue weighted by Crippen LogP contribution is 2.30. The summed E-state index contributed by atoms with van der Waals surface area (Å²) in [5.74, 6) is -0.238. The number of pyridine rings is 1. The van der Waals surface area contributed by atoms with Crippen LogP contribution in [0.15, 0.2) is 34.4 Å². The molecule has 9 nitrogen and oxygen atoms in total. The smallest absolute Gasteiger partial charge is 0.287 e. The number of morpholine rings is 1. The maximum atomic E-state index is 12.8. The van der Waals surface area contributed by atoms with Crippen molar-refractivity contribution in [3.05, 3.63) is 46.9 Å². The lowest BCUT2D eigenvalue weighted by Gasteiger charge is -2.27. The molecule has 0 radical (unpaired) electrons. The molecule has 1 atom stereocenters. The molecule has 4 rings (SSSR count). The van der Waals surface area contributed by atoms with Crippen molar-refractivity contribution in [1.29, 1.82) is 0 Å². The number of furan rings is 1. The normalized spacial score (nSPS) is 16.2. The molecule has 0 saturated carbocycles. The lowest BCUT2D eigenvalue weighted by molar-refractivity contribution is -0.131. The summed E-state index contributed by atoms with van der Waals surface area (Å²) in [6.45, 7) is 6.04. The van der Waals surface area contributed by atoms with E-state index in [4.69, 9.17) is 9.15 Å². The van der Waals surface area contributed by atoms with Gasteiger partial charge < -0.3 is 24.7 Å². The van der Waals surface area contributed by atoms with Gasteiger partial charge in [-0.15, -0.1) is 0 Å². The minimum absolute atomic E-state index is 0.0313. The molecule has 2 aromatic rings. The highest BCUT2D eigenvalue weighted by atomic mass is 16.5. The molecule has 2 aromatic heterocycles. The maximum absolute atomic E-state index is 12.8. The molecule has 1 aliphatic carbocycles. The first kappa shape index (κ1) is 22.7. The lowest BCUT2D eigenvalue weighted by atomic mass is 10.0. The molecule has 174 valence electrons. The molecular formula is C24H28N4O5. The Kier molecular flexibility index (Phi) is 6.60. The van der Waals surface area contributed by atoms with Crippen LogP contribution in [0.5, 0.6) is 0 Å². The van der Waals surface area contributed by atoms with Gasteiger partial charge in [-0.05, 0) is 41.3 Å². The molecule has 0 aromatic carbocycles. The molecule has 1 fully saturated rings. The zero-order chi connectivity index (χ0) is 23.5. The number of ether oxygens (including phenoxy) is 1. The fourth-order valence-corrected chi connectivity index (χ4v) is 3.98. The summed E-state index contributed by atoms with van der Waals surface area (Å²) < 4.78 is 11.1. The van der Waals surface area contributed by atoms with E-state index in [0.717, 1.165) is 16.7 Å². The van der Waals surface area contributed by atoms with Crippen molar-refractivity contribution in [2.24, 2.45) is 5.92 Å². The fourth-order valence-electron chi connectivity index (χ4n) is 3.98. The van der Waals surface area contributed by atoms with E-state index in [9.17, 15) is 14.4 Å². The maximum Gasteiger partial charge on any atom is 0.287 e. The van der Waals surface area contributed by atoms with Gasteiger partial charge in [0.25, 0.3) is 5.91 Å². The van der Waals surface area contributed by atoms with Gasteiger partial charge in [-0.1, -0.05) is 13.8 Å². The van der Waals surface area contributed by atoms with Gasteiger partial charge in [0, 0.05) is 38.3 Å². The van der Waals surface area contributed by atoms with E-state index in [2.05, 4.69) is 15.6 Å². The van der Waals surface area contributed by atoms with Gasteiger partial charge in [0.1, 0.15) is 11.7 Å². The Morgan fingerprint density at radius 3 is 2.61 bits per heavy atom. The first-order valence-corrected chi connectivity index (χ1v) is 11.1. The number of fused-ring (bicyclic) bond motifs is 1. The van der Waals surface area contributed by atoms with E-state index >= 15 is 0 Å². The van der Waals surface area contributed by atoms with Crippen LogP contribution in [0.2, 0.25) is 0 Å². The van der Waals surface area contributed by atoms with E-state index in [1.54, 1.807) is 18.3 Å². The van der Waals surface area contributed by atoms with Gasteiger partial charge in [-0.3, -0.25) is 19.4 Å². The van der Waals surface area contributed by atoms with Crippen LogP contribution in [0.3, 0.4) is 0 Å². The summed E-state index contributed by atoms with van der Waals surface area (Å²) in [5.41, 5.74) is 3.20. The number of carbonyl (C=O) groups is 3. The van der Waals surface area contributed by atoms with Gasteiger partial charge in [0.2, 0.25) is 11.8 Å². The predicted octanol–water partition coefficient (Wildman–Crippen LogP) is 1.64. The van der Waals surface area contributed by atoms with Crippen LogP contribution >= 0.6 is 0 Å². The Labute approximate surface area is 192 Å². The standard InChI is InChI=1S/C24H28N4O5/c1-14(2)21(23(30)25-3)27-22(29)20-5-4-19(33-20)18-12-15-10-16(11-17(15)13-26-18)24(31)28-6-8-32-9-7-28/h4-5,11-14,21H,6-10H2,1-3H3,(H,25,30)(H,27,29)/t21-/m0/s1. The number of aromatic nitrogens is 1. The van der Waals surface area contributed by atoms with E-state index in [0.29, 0.717) is 44.2 Å². The number of hydrogen-bond donors (Lipinski definition) is 2. The Morgan fingerprint density at radius 2 is 1.91 bits per heavy atom. The second-order valence-electron chi connectivity index (χ2n) is 8.49. The summed E-state index contributed by atoms with van der Waals surface area (Å²) in [6.07, 6.45) is 4.12. The Bertz CT molecular complexity index is 1100. The largest absolute Gasteiger partial charge is 0.449 e. The number of rotatable bonds is 6. The van der Waals surface area contributed by atoms with Crippen LogP contribution < -0.4 is 10.6 Å². The van der Waals surface area contributed by atoms with E-state index in [-0.39, 0.29) is 23.5 Å². The van der Waals surface area contributed by atoms with Crippen molar-refractivity contribution in [3.8, 4) is 11.5 Å². The van der Waals surface area contributed by atoms with Crippen molar-refractivity contribution in [2.45, 2.75) is 26.3 Å². The molecule has 0 unspecified atom stereocenters. The zero-order valence-corrected chi connectivity index (χ0v) is 19.0. The molecule has 2 aliphatic rings. The van der Waals surface area contributed by atoms with Crippen LogP contribution in [0.25, 0.3) is 17.5 Å². The number of nitrogens with zero attached hydrogens (tertiary/aromatic N) is 2. The molecule has 3 amide bonds. The average Bonchev–Trinajstić information content (AvgIpc) is 3.49. The van der Waals surface area contributed by atoms with Crippen LogP contribution in [0.4, 0.5) is 0 Å². The SMILES string of the molecule is CNC(=O)[C@@H](NC(=O)c1ccc(-c2cc3c(cn2)C=C(C(=O)N2CCOCC2)C3)o1)C(C)C. The quantitative estimate of drug-likeness (QED) is 0.689. The van der Waals surface area contributed by atoms with Crippen molar-refractivity contribution in [2.75, 3.05) is 33.4 Å². The zero-order valence-electron chi connectivity index (χ0n) is 19.0. The second kappa shape index (κ2) is 9.58. The van der Waals surface area contributed by atoms with Gasteiger partial charge in [-0.25, -0.2) is 0 Å². The first-order valence-electron chi connectivity index (χ1n) is 11.1. The fraction of sp³-hybridized carbons (Fsp3) is 0.417. The van der Waals surface area contributed by atoms with E-state index < -0.39 is 11.9 Å². The minimum Gasteiger partial charge on any atom is -0.449 e. The third-order valence-corrected chi connectivity index (χ3v) is 5.87. The third-order valence-electron chi connectivity index (χ3n) is 5.87. The lowest BCUT2D eigenvalue weighted by Crippen LogP contribution is -2.48. The summed E-state index contributed by atoms with van der Waals surface area (Å²) in [7, 11) is 1.53. The summed E-state index contributed by atoms with van der Waals surface area (Å²) in [5, 5.41) is 5.27. The number of hydrogen-bond acceptors (Lipinski definition) is 6. The molecular weight excluding hydrogens is 424 g/mol. The van der Waals surface area contributed by atoms with Gasteiger partial charge >= 0.3 is 0 Å². The number of amides is 3. The summed E-state index contributed by atoms with van der Waals surface area (Å²) in [6, 6.07) is 4.46. The second-order valence-corrected chi connectivity index (χ2v) is 8.49. The Balaban J connectivity index is 1.45. The topological polar surface area (TPSA) is 114 Å². The van der Waals surface area contributed by atoms with Gasteiger partial charge in [-0.2, -0.15) is 0 Å². The summed E-state index contributed by atoms with van der Waals surface area (Å²) >= 11 is 0. The first-order chi connectivity index (χ1) is 15.9. The molecule has 0 spiro atoms. The van der Waals surface area contributed by atoms with E-state index in [1.807, 2.05) is 30.9 Å². The van der Waals surface area contributed by atoms with Gasteiger partial charge in [0.15, 0.2) is 11.5 Å². The van der Waals surface area contributed by atoms with Crippen molar-refractivity contribution in [1.82, 2.24) is 20.5 Å². The van der Waals surface area contributed by atoms with Crippen LogP contribution in [-0.4, -0.2) is 67.0 Å². The number of likely N-dealkylation sites (N-methyl/N-ethyl adjacent to an activating group) is 1. The van der Waals surface area contributed by atoms with Crippen molar-refractivity contribution < 1.29 is 23.5 Å². The molecule has 1 saturated heterocycles. The van der Waals surface area contributed by atoms with Crippen LogP contribution in [0.1, 0.15) is 35.5 Å². The highest BCUT2D eigenvalue weighted by molar-refractivity contribution is 6.00. The van der Waals surface area contributed by atoms with Crippen LogP contribution in [-0.2, 0) is 20.7 Å². The predicted molar refractivity (Wildman–Crippen MR) is 121 cm³/mol. The molecule has 33 heavy (non-hydrogen) atoms. The monoisotopic (exact) mass is 452 g/mol.